The molecule has 2 aromatic carbocycles. The fourth-order valence-electron chi connectivity index (χ4n) is 4.11. The third-order valence-electron chi connectivity index (χ3n) is 5.78. The van der Waals surface area contributed by atoms with E-state index in [1.165, 1.54) is 22.2 Å². The van der Waals surface area contributed by atoms with Crippen LogP contribution in [0.3, 0.4) is 0 Å². The number of nitrogens with zero attached hydrogens (tertiary/aromatic N) is 5. The van der Waals surface area contributed by atoms with Crippen LogP contribution in [0.15, 0.2) is 67.0 Å². The third-order valence-corrected chi connectivity index (χ3v) is 6.03. The molecule has 1 aliphatic rings. The van der Waals surface area contributed by atoms with Gasteiger partial charge in [-0.25, -0.2) is 9.97 Å². The van der Waals surface area contributed by atoms with E-state index in [9.17, 15) is 0 Å². The molecule has 31 heavy (non-hydrogen) atoms. The van der Waals surface area contributed by atoms with Gasteiger partial charge in [0.05, 0.1) is 11.2 Å². The second-order valence-electron chi connectivity index (χ2n) is 7.98. The van der Waals surface area contributed by atoms with Crippen LogP contribution in [0, 0.1) is 6.92 Å². The Morgan fingerprint density at radius 1 is 0.839 bits per heavy atom. The molecule has 0 aliphatic carbocycles. The maximum absolute atomic E-state index is 6.00. The highest BCUT2D eigenvalue weighted by molar-refractivity contribution is 6.30. The van der Waals surface area contributed by atoms with Gasteiger partial charge in [0.25, 0.3) is 0 Å². The van der Waals surface area contributed by atoms with Crippen molar-refractivity contribution in [3.05, 3.63) is 88.8 Å². The molecule has 1 saturated heterocycles. The Morgan fingerprint density at radius 3 is 2.39 bits per heavy atom. The summed E-state index contributed by atoms with van der Waals surface area (Å²) >= 11 is 6.00. The molecule has 2 aromatic heterocycles. The highest BCUT2D eigenvalue weighted by Crippen LogP contribution is 2.27. The van der Waals surface area contributed by atoms with E-state index in [0.717, 1.165) is 54.8 Å². The molecule has 1 aliphatic heterocycles. The predicted octanol–water partition coefficient (Wildman–Crippen LogP) is 4.90. The summed E-state index contributed by atoms with van der Waals surface area (Å²) in [5.74, 6) is 0.807. The van der Waals surface area contributed by atoms with Gasteiger partial charge in [-0.15, -0.1) is 0 Å². The molecule has 0 amide bonds. The van der Waals surface area contributed by atoms with Crippen LogP contribution in [-0.4, -0.2) is 41.1 Å². The highest BCUT2D eigenvalue weighted by Gasteiger charge is 2.21. The summed E-state index contributed by atoms with van der Waals surface area (Å²) in [4.78, 5) is 18.6. The molecule has 5 rings (SSSR count). The highest BCUT2D eigenvalue weighted by atomic mass is 35.5. The SMILES string of the molecule is Cc1ccc2c(N3CCN(c4nccc(Cc5ccc(Cl)cc5)n4)CC3)ccnc2c1. The lowest BCUT2D eigenvalue weighted by Gasteiger charge is -2.36. The molecule has 5 nitrogen and oxygen atoms in total. The number of piperazine rings is 1. The summed E-state index contributed by atoms with van der Waals surface area (Å²) in [5, 5.41) is 1.96. The first-order valence-electron chi connectivity index (χ1n) is 10.6. The number of rotatable bonds is 4. The molecule has 0 unspecified atom stereocenters. The van der Waals surface area contributed by atoms with Gasteiger partial charge in [-0.05, 0) is 48.4 Å². The van der Waals surface area contributed by atoms with Crippen molar-refractivity contribution in [2.45, 2.75) is 13.3 Å². The van der Waals surface area contributed by atoms with Gasteiger partial charge in [-0.1, -0.05) is 35.9 Å². The molecule has 1 fully saturated rings. The Balaban J connectivity index is 1.29. The largest absolute Gasteiger partial charge is 0.367 e. The molecule has 0 radical (unpaired) electrons. The fourth-order valence-corrected chi connectivity index (χ4v) is 4.24. The van der Waals surface area contributed by atoms with Crippen LogP contribution in [0.25, 0.3) is 10.9 Å². The Hall–Kier alpha value is -3.18. The van der Waals surface area contributed by atoms with E-state index in [4.69, 9.17) is 16.6 Å². The van der Waals surface area contributed by atoms with E-state index in [0.29, 0.717) is 0 Å². The molecular formula is C25H24ClN5. The Morgan fingerprint density at radius 2 is 1.58 bits per heavy atom. The van der Waals surface area contributed by atoms with E-state index in [1.54, 1.807) is 0 Å². The molecule has 0 saturated carbocycles. The lowest BCUT2D eigenvalue weighted by molar-refractivity contribution is 0.640. The van der Waals surface area contributed by atoms with Crippen LogP contribution < -0.4 is 9.80 Å². The summed E-state index contributed by atoms with van der Waals surface area (Å²) in [6, 6.07) is 18.5. The van der Waals surface area contributed by atoms with Crippen molar-refractivity contribution in [2.24, 2.45) is 0 Å². The van der Waals surface area contributed by atoms with Gasteiger partial charge < -0.3 is 9.80 Å². The van der Waals surface area contributed by atoms with E-state index >= 15 is 0 Å². The lowest BCUT2D eigenvalue weighted by Crippen LogP contribution is -2.47. The number of benzene rings is 2. The number of halogens is 1. The maximum Gasteiger partial charge on any atom is 0.225 e. The van der Waals surface area contributed by atoms with E-state index in [-0.39, 0.29) is 0 Å². The Labute approximate surface area is 187 Å². The van der Waals surface area contributed by atoms with Crippen molar-refractivity contribution in [3.63, 3.8) is 0 Å². The molecule has 0 spiro atoms. The number of anilines is 2. The van der Waals surface area contributed by atoms with Crippen LogP contribution >= 0.6 is 11.6 Å². The number of pyridine rings is 1. The number of fused-ring (bicyclic) bond motifs is 1. The molecule has 0 bridgehead atoms. The van der Waals surface area contributed by atoms with Crippen LogP contribution in [0.2, 0.25) is 5.02 Å². The van der Waals surface area contributed by atoms with Crippen molar-refractivity contribution in [2.75, 3.05) is 36.0 Å². The van der Waals surface area contributed by atoms with Crippen molar-refractivity contribution < 1.29 is 0 Å². The van der Waals surface area contributed by atoms with Crippen molar-refractivity contribution in [1.82, 2.24) is 15.0 Å². The van der Waals surface area contributed by atoms with E-state index < -0.39 is 0 Å². The number of hydrogen-bond acceptors (Lipinski definition) is 5. The number of aromatic nitrogens is 3. The van der Waals surface area contributed by atoms with Crippen molar-refractivity contribution in [3.8, 4) is 0 Å². The maximum atomic E-state index is 6.00. The van der Waals surface area contributed by atoms with Gasteiger partial charge in [-0.3, -0.25) is 4.98 Å². The summed E-state index contributed by atoms with van der Waals surface area (Å²) < 4.78 is 0. The third kappa shape index (κ3) is 4.32. The van der Waals surface area contributed by atoms with Crippen molar-refractivity contribution >= 4 is 34.1 Å². The van der Waals surface area contributed by atoms with E-state index in [1.807, 2.05) is 42.7 Å². The second kappa shape index (κ2) is 8.52. The van der Waals surface area contributed by atoms with Crippen LogP contribution in [0.4, 0.5) is 11.6 Å². The van der Waals surface area contributed by atoms with Gasteiger partial charge in [0.15, 0.2) is 0 Å². The molecule has 0 atom stereocenters. The fraction of sp³-hybridized carbons (Fsp3) is 0.240. The average Bonchev–Trinajstić information content (AvgIpc) is 2.80. The molecule has 4 aromatic rings. The van der Waals surface area contributed by atoms with Gasteiger partial charge >= 0.3 is 0 Å². The molecular weight excluding hydrogens is 406 g/mol. The van der Waals surface area contributed by atoms with E-state index in [2.05, 4.69) is 51.0 Å². The van der Waals surface area contributed by atoms with Gasteiger partial charge in [0.1, 0.15) is 0 Å². The lowest BCUT2D eigenvalue weighted by atomic mass is 10.1. The Kier molecular flexibility index (Phi) is 5.43. The number of aryl methyl sites for hydroxylation is 1. The zero-order valence-corrected chi connectivity index (χ0v) is 18.3. The smallest absolute Gasteiger partial charge is 0.225 e. The molecule has 156 valence electrons. The minimum atomic E-state index is 0.752. The van der Waals surface area contributed by atoms with Crippen LogP contribution in [0.1, 0.15) is 16.8 Å². The van der Waals surface area contributed by atoms with Crippen LogP contribution in [0.5, 0.6) is 0 Å². The minimum absolute atomic E-state index is 0.752. The first-order chi connectivity index (χ1) is 15.2. The zero-order chi connectivity index (χ0) is 21.2. The number of hydrogen-bond donors (Lipinski definition) is 0. The zero-order valence-electron chi connectivity index (χ0n) is 17.5. The predicted molar refractivity (Wildman–Crippen MR) is 127 cm³/mol. The second-order valence-corrected chi connectivity index (χ2v) is 8.41. The molecule has 0 N–H and O–H groups in total. The Bertz CT molecular complexity index is 1200. The summed E-state index contributed by atoms with van der Waals surface area (Å²) in [7, 11) is 0. The normalized spacial score (nSPS) is 14.3. The minimum Gasteiger partial charge on any atom is -0.367 e. The summed E-state index contributed by atoms with van der Waals surface area (Å²) in [6.07, 6.45) is 4.54. The van der Waals surface area contributed by atoms with Gasteiger partial charge in [-0.2, -0.15) is 0 Å². The first-order valence-corrected chi connectivity index (χ1v) is 11.0. The molecule has 3 heterocycles. The molecule has 6 heteroatoms. The quantitative estimate of drug-likeness (QED) is 0.461. The summed E-state index contributed by atoms with van der Waals surface area (Å²) in [6.45, 7) is 5.74. The first kappa shape index (κ1) is 19.8. The van der Waals surface area contributed by atoms with Gasteiger partial charge in [0, 0.05) is 61.1 Å². The van der Waals surface area contributed by atoms with Crippen LogP contribution in [-0.2, 0) is 6.42 Å². The standard InChI is InChI=1S/C25H24ClN5/c1-18-2-7-22-23(16-18)27-11-9-24(22)30-12-14-31(15-13-30)25-28-10-8-21(29-25)17-19-3-5-20(26)6-4-19/h2-11,16H,12-15,17H2,1H3. The van der Waals surface area contributed by atoms with Crippen molar-refractivity contribution in [1.29, 1.82) is 0 Å². The monoisotopic (exact) mass is 429 g/mol. The average molecular weight is 430 g/mol. The summed E-state index contributed by atoms with van der Waals surface area (Å²) in [5.41, 5.74) is 5.75. The van der Waals surface area contributed by atoms with Gasteiger partial charge in [0.2, 0.25) is 5.95 Å². The topological polar surface area (TPSA) is 45.2 Å².